The lowest BCUT2D eigenvalue weighted by molar-refractivity contribution is 0.350. The molecule has 0 aromatic carbocycles. The van der Waals surface area contributed by atoms with Gasteiger partial charge in [-0.25, -0.2) is 9.97 Å². The average molecular weight is 390 g/mol. The minimum Gasteiger partial charge on any atom is -0.382 e. The van der Waals surface area contributed by atoms with Crippen LogP contribution < -0.4 is 5.73 Å². The van der Waals surface area contributed by atoms with Crippen molar-refractivity contribution in [3.8, 4) is 22.8 Å². The SMILES string of the molecule is CC(C)[C@@](C)(c1ccc(-c2cnc(N)cn2)nc1)c1noc(-c2cnn(C)c2)n1. The maximum atomic E-state index is 5.61. The fourth-order valence-electron chi connectivity index (χ4n) is 3.13. The topological polar surface area (TPSA) is 121 Å². The van der Waals surface area contributed by atoms with E-state index in [0.717, 1.165) is 16.8 Å². The van der Waals surface area contributed by atoms with E-state index in [4.69, 9.17) is 10.3 Å². The molecule has 0 saturated heterocycles. The number of nitrogens with zero attached hydrogens (tertiary/aromatic N) is 7. The van der Waals surface area contributed by atoms with Gasteiger partial charge in [0.05, 0.1) is 35.3 Å². The van der Waals surface area contributed by atoms with Gasteiger partial charge in [0.2, 0.25) is 0 Å². The molecular weight excluding hydrogens is 368 g/mol. The predicted octanol–water partition coefficient (Wildman–Crippen LogP) is 2.87. The van der Waals surface area contributed by atoms with E-state index in [1.807, 2.05) is 31.6 Å². The molecule has 1 atom stereocenters. The van der Waals surface area contributed by atoms with Crippen molar-refractivity contribution >= 4 is 5.82 Å². The highest BCUT2D eigenvalue weighted by Crippen LogP contribution is 2.38. The first-order chi connectivity index (χ1) is 13.9. The first-order valence-corrected chi connectivity index (χ1v) is 9.25. The molecule has 29 heavy (non-hydrogen) atoms. The second-order valence-electron chi connectivity index (χ2n) is 7.44. The van der Waals surface area contributed by atoms with Crippen LogP contribution in [0.25, 0.3) is 22.8 Å². The van der Waals surface area contributed by atoms with E-state index in [2.05, 4.69) is 51.0 Å². The maximum Gasteiger partial charge on any atom is 0.261 e. The van der Waals surface area contributed by atoms with Crippen LogP contribution in [0.2, 0.25) is 0 Å². The van der Waals surface area contributed by atoms with Gasteiger partial charge in [0, 0.05) is 19.4 Å². The third-order valence-electron chi connectivity index (χ3n) is 5.29. The highest BCUT2D eigenvalue weighted by Gasteiger charge is 2.38. The van der Waals surface area contributed by atoms with Crippen molar-refractivity contribution in [3.63, 3.8) is 0 Å². The van der Waals surface area contributed by atoms with Gasteiger partial charge in [0.1, 0.15) is 11.5 Å². The monoisotopic (exact) mass is 390 g/mol. The summed E-state index contributed by atoms with van der Waals surface area (Å²) in [6, 6.07) is 3.93. The number of nitrogens with two attached hydrogens (primary N) is 1. The van der Waals surface area contributed by atoms with Crippen molar-refractivity contribution < 1.29 is 4.52 Å². The summed E-state index contributed by atoms with van der Waals surface area (Å²) in [6.07, 6.45) is 8.50. The van der Waals surface area contributed by atoms with Gasteiger partial charge in [-0.2, -0.15) is 10.1 Å². The molecule has 2 N–H and O–H groups in total. The molecule has 0 spiro atoms. The number of aromatic nitrogens is 7. The molecule has 9 nitrogen and oxygen atoms in total. The van der Waals surface area contributed by atoms with Crippen LogP contribution in [-0.2, 0) is 12.5 Å². The summed E-state index contributed by atoms with van der Waals surface area (Å²) in [5, 5.41) is 8.44. The Morgan fingerprint density at radius 2 is 1.83 bits per heavy atom. The highest BCUT2D eigenvalue weighted by atomic mass is 16.5. The van der Waals surface area contributed by atoms with Crippen LogP contribution in [-0.4, -0.2) is 34.9 Å². The van der Waals surface area contributed by atoms with E-state index in [1.165, 1.54) is 6.20 Å². The van der Waals surface area contributed by atoms with Crippen molar-refractivity contribution in [1.29, 1.82) is 0 Å². The van der Waals surface area contributed by atoms with Crippen LogP contribution in [0, 0.1) is 5.92 Å². The third-order valence-corrected chi connectivity index (χ3v) is 5.29. The molecule has 0 amide bonds. The van der Waals surface area contributed by atoms with Gasteiger partial charge >= 0.3 is 0 Å². The van der Waals surface area contributed by atoms with Crippen molar-refractivity contribution in [3.05, 3.63) is 54.5 Å². The Morgan fingerprint density at radius 1 is 1.03 bits per heavy atom. The number of hydrogen-bond acceptors (Lipinski definition) is 8. The minimum absolute atomic E-state index is 0.200. The fraction of sp³-hybridized carbons (Fsp3) is 0.300. The van der Waals surface area contributed by atoms with Crippen LogP contribution in [0.4, 0.5) is 5.82 Å². The Kier molecular flexibility index (Phi) is 4.57. The van der Waals surface area contributed by atoms with Gasteiger partial charge in [-0.3, -0.25) is 9.67 Å². The maximum absolute atomic E-state index is 5.61. The number of rotatable bonds is 5. The molecule has 0 aliphatic rings. The zero-order valence-corrected chi connectivity index (χ0v) is 16.7. The van der Waals surface area contributed by atoms with E-state index in [9.17, 15) is 0 Å². The van der Waals surface area contributed by atoms with Crippen LogP contribution in [0.3, 0.4) is 0 Å². The Morgan fingerprint density at radius 3 is 2.41 bits per heavy atom. The minimum atomic E-state index is -0.484. The largest absolute Gasteiger partial charge is 0.382 e. The van der Waals surface area contributed by atoms with Gasteiger partial charge in [-0.15, -0.1) is 0 Å². The van der Waals surface area contributed by atoms with E-state index >= 15 is 0 Å². The summed E-state index contributed by atoms with van der Waals surface area (Å²) >= 11 is 0. The van der Waals surface area contributed by atoms with Crippen LogP contribution in [0.15, 0.2) is 47.6 Å². The van der Waals surface area contributed by atoms with E-state index in [-0.39, 0.29) is 5.92 Å². The highest BCUT2D eigenvalue weighted by molar-refractivity contribution is 5.54. The Hall–Kier alpha value is -3.62. The Labute approximate surface area is 168 Å². The van der Waals surface area contributed by atoms with Gasteiger partial charge in [0.15, 0.2) is 5.82 Å². The molecule has 0 aliphatic carbocycles. The van der Waals surface area contributed by atoms with Gasteiger partial charge in [-0.05, 0) is 24.5 Å². The summed E-state index contributed by atoms with van der Waals surface area (Å²) in [4.78, 5) is 17.6. The normalized spacial score (nSPS) is 13.6. The summed E-state index contributed by atoms with van der Waals surface area (Å²) in [5.41, 5.74) is 8.27. The molecule has 4 aromatic heterocycles. The number of aryl methyl sites for hydroxylation is 1. The van der Waals surface area contributed by atoms with E-state index in [1.54, 1.807) is 17.1 Å². The zero-order chi connectivity index (χ0) is 20.6. The number of anilines is 1. The summed E-state index contributed by atoms with van der Waals surface area (Å²) in [5.74, 6) is 1.62. The summed E-state index contributed by atoms with van der Waals surface area (Å²) in [7, 11) is 1.84. The Balaban J connectivity index is 1.70. The lowest BCUT2D eigenvalue weighted by Crippen LogP contribution is -2.31. The van der Waals surface area contributed by atoms with Crippen molar-refractivity contribution in [1.82, 2.24) is 34.9 Å². The van der Waals surface area contributed by atoms with Gasteiger partial charge in [-0.1, -0.05) is 25.1 Å². The van der Waals surface area contributed by atoms with Crippen LogP contribution in [0.5, 0.6) is 0 Å². The van der Waals surface area contributed by atoms with E-state index in [0.29, 0.717) is 23.2 Å². The second kappa shape index (κ2) is 7.08. The third kappa shape index (κ3) is 3.35. The first-order valence-electron chi connectivity index (χ1n) is 9.25. The molecule has 4 heterocycles. The van der Waals surface area contributed by atoms with E-state index < -0.39 is 5.41 Å². The molecule has 0 radical (unpaired) electrons. The van der Waals surface area contributed by atoms with Gasteiger partial charge in [0.25, 0.3) is 5.89 Å². The molecule has 4 rings (SSSR count). The predicted molar refractivity (Wildman–Crippen MR) is 107 cm³/mol. The van der Waals surface area contributed by atoms with Crippen LogP contribution >= 0.6 is 0 Å². The molecule has 9 heteroatoms. The molecule has 0 fully saturated rings. The van der Waals surface area contributed by atoms with Crippen molar-refractivity contribution in [2.75, 3.05) is 5.73 Å². The number of pyridine rings is 1. The summed E-state index contributed by atoms with van der Waals surface area (Å²) < 4.78 is 7.22. The number of nitrogen functional groups attached to an aromatic ring is 1. The lowest BCUT2D eigenvalue weighted by Gasteiger charge is -2.30. The molecule has 0 aliphatic heterocycles. The quantitative estimate of drug-likeness (QED) is 0.552. The first kappa shape index (κ1) is 18.7. The number of hydrogen-bond donors (Lipinski definition) is 1. The molecule has 0 unspecified atom stereocenters. The van der Waals surface area contributed by atoms with Crippen LogP contribution in [0.1, 0.15) is 32.2 Å². The molecular formula is C20H22N8O. The molecule has 4 aromatic rings. The molecule has 0 bridgehead atoms. The molecule has 148 valence electrons. The second-order valence-corrected chi connectivity index (χ2v) is 7.44. The van der Waals surface area contributed by atoms with Crippen molar-refractivity contribution in [2.45, 2.75) is 26.2 Å². The Bertz CT molecular complexity index is 1110. The smallest absolute Gasteiger partial charge is 0.261 e. The molecule has 0 saturated carbocycles. The van der Waals surface area contributed by atoms with Crippen molar-refractivity contribution in [2.24, 2.45) is 13.0 Å². The summed E-state index contributed by atoms with van der Waals surface area (Å²) in [6.45, 7) is 6.34. The zero-order valence-electron chi connectivity index (χ0n) is 16.7. The van der Waals surface area contributed by atoms with Gasteiger partial charge < -0.3 is 10.3 Å². The average Bonchev–Trinajstić information content (AvgIpc) is 3.37. The lowest BCUT2D eigenvalue weighted by atomic mass is 9.73. The standard InChI is InChI=1S/C20H22N8O/c1-12(2)20(3,19-26-18(29-27-19)13-7-25-28(4)11-13)14-5-6-15(22-8-14)16-9-24-17(21)10-23-16/h5-12H,1-4H3,(H2,21,24)/t20-/m0/s1. The fourth-order valence-corrected chi connectivity index (χ4v) is 3.13.